The van der Waals surface area contributed by atoms with Crippen molar-refractivity contribution in [2.24, 2.45) is 0 Å². The highest BCUT2D eigenvalue weighted by molar-refractivity contribution is 7.20. The van der Waals surface area contributed by atoms with Crippen LogP contribution in [0.25, 0.3) is 0 Å². The molecule has 2 heterocycles. The minimum atomic E-state index is 0.175. The fraction of sp³-hybridized carbons (Fsp3) is 0.667. The number of ether oxygens (including phenoxy) is 1. The van der Waals surface area contributed by atoms with Crippen molar-refractivity contribution in [3.05, 3.63) is 20.3 Å². The zero-order chi connectivity index (χ0) is 12.3. The summed E-state index contributed by atoms with van der Waals surface area (Å²) in [5.74, 6) is 0. The van der Waals surface area contributed by atoms with Gasteiger partial charge in [-0.15, -0.1) is 11.3 Å². The van der Waals surface area contributed by atoms with Crippen molar-refractivity contribution in [3.8, 4) is 0 Å². The second-order valence-electron chi connectivity index (χ2n) is 4.26. The highest BCUT2D eigenvalue weighted by Gasteiger charge is 2.29. The van der Waals surface area contributed by atoms with E-state index in [-0.39, 0.29) is 12.1 Å². The molecule has 2 unspecified atom stereocenters. The molecule has 96 valence electrons. The Morgan fingerprint density at radius 2 is 2.41 bits per heavy atom. The second kappa shape index (κ2) is 6.39. The van der Waals surface area contributed by atoms with Gasteiger partial charge in [0.05, 0.1) is 20.8 Å². The predicted molar refractivity (Wildman–Crippen MR) is 74.3 cm³/mol. The summed E-state index contributed by atoms with van der Waals surface area (Å²) in [5, 5.41) is 3.52. The van der Waals surface area contributed by atoms with E-state index in [1.165, 1.54) is 11.3 Å². The Labute approximate surface area is 116 Å². The van der Waals surface area contributed by atoms with Crippen LogP contribution in [0.4, 0.5) is 0 Å². The highest BCUT2D eigenvalue weighted by Crippen LogP contribution is 2.38. The summed E-state index contributed by atoms with van der Waals surface area (Å²) < 4.78 is 7.29. The van der Waals surface area contributed by atoms with E-state index >= 15 is 0 Å². The van der Waals surface area contributed by atoms with E-state index in [4.69, 9.17) is 27.9 Å². The normalized spacial score (nSPS) is 21.9. The molecule has 0 bridgehead atoms. The van der Waals surface area contributed by atoms with Crippen molar-refractivity contribution in [1.82, 2.24) is 5.32 Å². The van der Waals surface area contributed by atoms with Gasteiger partial charge in [0.25, 0.3) is 0 Å². The lowest BCUT2D eigenvalue weighted by molar-refractivity contribution is 0.0784. The van der Waals surface area contributed by atoms with Crippen LogP contribution in [0.5, 0.6) is 0 Å². The number of nitrogens with one attached hydrogen (secondary N) is 1. The molecule has 1 saturated heterocycles. The summed E-state index contributed by atoms with van der Waals surface area (Å²) in [5.41, 5.74) is 1.09. The lowest BCUT2D eigenvalue weighted by Crippen LogP contribution is -2.32. The van der Waals surface area contributed by atoms with E-state index in [9.17, 15) is 0 Å². The standard InChI is InChI=1S/C12H17Cl2NOS/c1-2-5-15-11(9-4-3-6-16-9)8-7-10(13)17-12(8)14/h7,9,11,15H,2-6H2,1H3. The molecule has 0 saturated carbocycles. The topological polar surface area (TPSA) is 21.3 Å². The average Bonchev–Trinajstić information content (AvgIpc) is 2.90. The molecule has 1 aliphatic heterocycles. The molecule has 1 aromatic rings. The SMILES string of the molecule is CCCNC(c1cc(Cl)sc1Cl)C1CCCO1. The quantitative estimate of drug-likeness (QED) is 0.875. The van der Waals surface area contributed by atoms with Crippen molar-refractivity contribution in [2.45, 2.75) is 38.3 Å². The Hall–Kier alpha value is 0.200. The van der Waals surface area contributed by atoms with Gasteiger partial charge in [-0.25, -0.2) is 0 Å². The van der Waals surface area contributed by atoms with Crippen LogP contribution in [0.3, 0.4) is 0 Å². The maximum Gasteiger partial charge on any atom is 0.0992 e. The van der Waals surface area contributed by atoms with E-state index < -0.39 is 0 Å². The highest BCUT2D eigenvalue weighted by atomic mass is 35.5. The van der Waals surface area contributed by atoms with Gasteiger partial charge >= 0.3 is 0 Å². The molecule has 2 nitrogen and oxygen atoms in total. The summed E-state index contributed by atoms with van der Waals surface area (Å²) in [6.07, 6.45) is 3.54. The third kappa shape index (κ3) is 3.36. The van der Waals surface area contributed by atoms with Crippen LogP contribution in [0.15, 0.2) is 6.07 Å². The largest absolute Gasteiger partial charge is 0.376 e. The molecular formula is C12H17Cl2NOS. The minimum absolute atomic E-state index is 0.175. The Bertz CT molecular complexity index is 363. The molecule has 2 rings (SSSR count). The molecule has 5 heteroatoms. The molecule has 17 heavy (non-hydrogen) atoms. The number of thiophene rings is 1. The monoisotopic (exact) mass is 293 g/mol. The molecule has 0 aromatic carbocycles. The lowest BCUT2D eigenvalue weighted by Gasteiger charge is -2.24. The van der Waals surface area contributed by atoms with E-state index in [0.717, 1.165) is 46.7 Å². The van der Waals surface area contributed by atoms with Crippen LogP contribution < -0.4 is 5.32 Å². The number of halogens is 2. The van der Waals surface area contributed by atoms with Gasteiger partial charge < -0.3 is 10.1 Å². The first-order chi connectivity index (χ1) is 8.22. The van der Waals surface area contributed by atoms with Gasteiger partial charge in [-0.05, 0) is 31.9 Å². The molecule has 1 N–H and O–H groups in total. The smallest absolute Gasteiger partial charge is 0.0992 e. The Balaban J connectivity index is 2.16. The van der Waals surface area contributed by atoms with Gasteiger partial charge in [0.1, 0.15) is 0 Å². The van der Waals surface area contributed by atoms with E-state index in [1.54, 1.807) is 0 Å². The van der Waals surface area contributed by atoms with Gasteiger partial charge in [-0.1, -0.05) is 30.1 Å². The van der Waals surface area contributed by atoms with Crippen LogP contribution >= 0.6 is 34.5 Å². The fourth-order valence-electron chi connectivity index (χ4n) is 2.17. The third-order valence-electron chi connectivity index (χ3n) is 2.97. The first kappa shape index (κ1) is 13.6. The van der Waals surface area contributed by atoms with E-state index in [1.807, 2.05) is 6.07 Å². The van der Waals surface area contributed by atoms with Crippen molar-refractivity contribution in [3.63, 3.8) is 0 Å². The molecular weight excluding hydrogens is 277 g/mol. The summed E-state index contributed by atoms with van der Waals surface area (Å²) in [6.45, 7) is 3.97. The molecule has 0 amide bonds. The van der Waals surface area contributed by atoms with Crippen molar-refractivity contribution in [1.29, 1.82) is 0 Å². The van der Waals surface area contributed by atoms with Gasteiger partial charge in [-0.3, -0.25) is 0 Å². The van der Waals surface area contributed by atoms with Gasteiger partial charge in [0.15, 0.2) is 0 Å². The molecule has 1 aliphatic rings. The van der Waals surface area contributed by atoms with Crippen LogP contribution in [0.2, 0.25) is 8.67 Å². The van der Waals surface area contributed by atoms with E-state index in [0.29, 0.717) is 0 Å². The Kier molecular flexibility index (Phi) is 5.12. The van der Waals surface area contributed by atoms with Gasteiger partial charge in [0.2, 0.25) is 0 Å². The number of hydrogen-bond acceptors (Lipinski definition) is 3. The van der Waals surface area contributed by atoms with Gasteiger partial charge in [0, 0.05) is 12.2 Å². The average molecular weight is 294 g/mol. The summed E-state index contributed by atoms with van der Waals surface area (Å²) in [7, 11) is 0. The van der Waals surface area contributed by atoms with Gasteiger partial charge in [-0.2, -0.15) is 0 Å². The van der Waals surface area contributed by atoms with Crippen LogP contribution in [-0.4, -0.2) is 19.3 Å². The first-order valence-corrected chi connectivity index (χ1v) is 7.59. The summed E-state index contributed by atoms with van der Waals surface area (Å²) in [4.78, 5) is 0. The molecule has 0 radical (unpaired) electrons. The second-order valence-corrected chi connectivity index (χ2v) is 6.55. The maximum atomic E-state index is 6.24. The zero-order valence-corrected chi connectivity index (χ0v) is 12.2. The minimum Gasteiger partial charge on any atom is -0.376 e. The maximum absolute atomic E-state index is 6.24. The zero-order valence-electron chi connectivity index (χ0n) is 9.84. The third-order valence-corrected chi connectivity index (χ3v) is 4.49. The van der Waals surface area contributed by atoms with Crippen LogP contribution in [0, 0.1) is 0 Å². The Morgan fingerprint density at radius 1 is 1.59 bits per heavy atom. The number of hydrogen-bond donors (Lipinski definition) is 1. The fourth-order valence-corrected chi connectivity index (χ4v) is 3.72. The summed E-state index contributed by atoms with van der Waals surface area (Å²) >= 11 is 13.7. The summed E-state index contributed by atoms with van der Waals surface area (Å²) in [6, 6.07) is 2.14. The van der Waals surface area contributed by atoms with Crippen molar-refractivity contribution in [2.75, 3.05) is 13.2 Å². The molecule has 0 aliphatic carbocycles. The van der Waals surface area contributed by atoms with E-state index in [2.05, 4.69) is 12.2 Å². The lowest BCUT2D eigenvalue weighted by atomic mass is 10.0. The molecule has 0 spiro atoms. The predicted octanol–water partition coefficient (Wildman–Crippen LogP) is 4.27. The molecule has 1 aromatic heterocycles. The van der Waals surface area contributed by atoms with Crippen LogP contribution in [-0.2, 0) is 4.74 Å². The number of rotatable bonds is 5. The Morgan fingerprint density at radius 3 is 2.94 bits per heavy atom. The molecule has 2 atom stereocenters. The molecule has 1 fully saturated rings. The first-order valence-electron chi connectivity index (χ1n) is 6.02. The van der Waals surface area contributed by atoms with Crippen molar-refractivity contribution >= 4 is 34.5 Å². The van der Waals surface area contributed by atoms with Crippen LogP contribution in [0.1, 0.15) is 37.8 Å². The van der Waals surface area contributed by atoms with Crippen molar-refractivity contribution < 1.29 is 4.74 Å².